The largest absolute Gasteiger partial charge is 0.465 e. The van der Waals surface area contributed by atoms with E-state index in [4.69, 9.17) is 4.74 Å². The maximum absolute atomic E-state index is 12.8. The van der Waals surface area contributed by atoms with Gasteiger partial charge < -0.3 is 15.0 Å². The van der Waals surface area contributed by atoms with Gasteiger partial charge in [-0.3, -0.25) is 14.2 Å². The highest BCUT2D eigenvalue weighted by molar-refractivity contribution is 5.81. The fourth-order valence-corrected chi connectivity index (χ4v) is 3.00. The van der Waals surface area contributed by atoms with E-state index < -0.39 is 18.0 Å². The van der Waals surface area contributed by atoms with Crippen LogP contribution in [0.4, 0.5) is 4.79 Å². The Bertz CT molecular complexity index is 878. The third kappa shape index (κ3) is 4.45. The second kappa shape index (κ2) is 9.16. The third-order valence-corrected chi connectivity index (χ3v) is 4.34. The molecule has 2 amide bonds. The van der Waals surface area contributed by atoms with Crippen molar-refractivity contribution >= 4 is 22.9 Å². The van der Waals surface area contributed by atoms with Crippen LogP contribution in [0, 0.1) is 0 Å². The molecule has 0 saturated heterocycles. The Morgan fingerprint density at radius 2 is 1.96 bits per heavy atom. The molecule has 146 valence electrons. The van der Waals surface area contributed by atoms with Crippen LogP contribution in [-0.4, -0.2) is 46.1 Å². The number of amides is 2. The van der Waals surface area contributed by atoms with Gasteiger partial charge in [0, 0.05) is 13.1 Å². The van der Waals surface area contributed by atoms with Gasteiger partial charge in [-0.05, 0) is 39.8 Å². The smallest absolute Gasteiger partial charge is 0.325 e. The van der Waals surface area contributed by atoms with Crippen LogP contribution in [0.2, 0.25) is 0 Å². The lowest BCUT2D eigenvalue weighted by molar-refractivity contribution is -0.141. The zero-order valence-electron chi connectivity index (χ0n) is 16.2. The van der Waals surface area contributed by atoms with Crippen LogP contribution in [0.25, 0.3) is 10.9 Å². The number of aromatic nitrogens is 2. The number of hydrogen-bond acceptors (Lipinski definition) is 5. The van der Waals surface area contributed by atoms with E-state index in [9.17, 15) is 14.4 Å². The molecular weight excluding hydrogens is 348 g/mol. The highest BCUT2D eigenvalue weighted by Gasteiger charge is 2.25. The van der Waals surface area contributed by atoms with E-state index >= 15 is 0 Å². The quantitative estimate of drug-likeness (QED) is 0.749. The molecule has 2 aromatic rings. The van der Waals surface area contributed by atoms with Gasteiger partial charge in [0.2, 0.25) is 0 Å². The minimum Gasteiger partial charge on any atom is -0.465 e. The first-order valence-electron chi connectivity index (χ1n) is 9.14. The summed E-state index contributed by atoms with van der Waals surface area (Å²) in [6.45, 7) is 8.10. The molecule has 1 aromatic carbocycles. The number of carbonyl (C=O) groups is 2. The fraction of sp³-hybridized carbons (Fsp3) is 0.474. The summed E-state index contributed by atoms with van der Waals surface area (Å²) in [5.74, 6) is 0.0122. The van der Waals surface area contributed by atoms with Gasteiger partial charge in [-0.25, -0.2) is 9.78 Å². The second-order valence-corrected chi connectivity index (χ2v) is 5.96. The number of esters is 1. The van der Waals surface area contributed by atoms with Gasteiger partial charge in [0.05, 0.1) is 23.6 Å². The molecular formula is C19H26N4O4. The third-order valence-electron chi connectivity index (χ3n) is 4.34. The molecule has 0 aliphatic rings. The minimum absolute atomic E-state index is 0.132. The van der Waals surface area contributed by atoms with E-state index in [1.54, 1.807) is 29.7 Å². The molecule has 8 nitrogen and oxygen atoms in total. The minimum atomic E-state index is -0.496. The maximum Gasteiger partial charge on any atom is 0.325 e. The highest BCUT2D eigenvalue weighted by Crippen LogP contribution is 2.19. The summed E-state index contributed by atoms with van der Waals surface area (Å²) in [7, 11) is 0. The first-order valence-corrected chi connectivity index (χ1v) is 9.14. The Hall–Kier alpha value is -2.90. The van der Waals surface area contributed by atoms with Gasteiger partial charge in [-0.1, -0.05) is 12.1 Å². The topological polar surface area (TPSA) is 93.5 Å². The fourth-order valence-electron chi connectivity index (χ4n) is 3.00. The predicted octanol–water partition coefficient (Wildman–Crippen LogP) is 2.07. The monoisotopic (exact) mass is 374 g/mol. The lowest BCUT2D eigenvalue weighted by atomic mass is 10.2. The first-order chi connectivity index (χ1) is 12.9. The van der Waals surface area contributed by atoms with E-state index in [-0.39, 0.29) is 18.7 Å². The van der Waals surface area contributed by atoms with Crippen LogP contribution in [-0.2, 0) is 16.1 Å². The normalized spacial score (nSPS) is 11.9. The number of para-hydroxylation sites is 1. The molecule has 0 aliphatic carbocycles. The summed E-state index contributed by atoms with van der Waals surface area (Å²) in [5, 5.41) is 3.10. The molecule has 27 heavy (non-hydrogen) atoms. The van der Waals surface area contributed by atoms with Crippen molar-refractivity contribution in [3.05, 3.63) is 40.4 Å². The van der Waals surface area contributed by atoms with Crippen LogP contribution in [0.1, 0.15) is 39.6 Å². The van der Waals surface area contributed by atoms with Gasteiger partial charge in [0.15, 0.2) is 0 Å². The Labute approximate surface area is 158 Å². The zero-order valence-corrected chi connectivity index (χ0v) is 16.2. The average molecular weight is 374 g/mol. The van der Waals surface area contributed by atoms with Crippen LogP contribution in [0.5, 0.6) is 0 Å². The number of benzene rings is 1. The molecule has 0 spiro atoms. The molecule has 8 heteroatoms. The molecule has 1 aromatic heterocycles. The number of ether oxygens (including phenoxy) is 1. The van der Waals surface area contributed by atoms with Crippen LogP contribution < -0.4 is 10.9 Å². The van der Waals surface area contributed by atoms with Gasteiger partial charge in [-0.2, -0.15) is 0 Å². The Balaban J connectivity index is 2.33. The maximum atomic E-state index is 12.8. The van der Waals surface area contributed by atoms with E-state index in [1.807, 2.05) is 26.8 Å². The van der Waals surface area contributed by atoms with Crippen LogP contribution in [0.15, 0.2) is 29.1 Å². The van der Waals surface area contributed by atoms with Gasteiger partial charge >= 0.3 is 12.0 Å². The van der Waals surface area contributed by atoms with Crippen molar-refractivity contribution in [2.24, 2.45) is 0 Å². The van der Waals surface area contributed by atoms with Crippen LogP contribution >= 0.6 is 0 Å². The summed E-state index contributed by atoms with van der Waals surface area (Å²) in [6, 6.07) is 6.29. The van der Waals surface area contributed by atoms with Gasteiger partial charge in [-0.15, -0.1) is 0 Å². The summed E-state index contributed by atoms with van der Waals surface area (Å²) >= 11 is 0. The molecule has 0 bridgehead atoms. The summed E-state index contributed by atoms with van der Waals surface area (Å²) in [6.07, 6.45) is 0. The molecule has 0 radical (unpaired) electrons. The Kier molecular flexibility index (Phi) is 6.92. The lowest BCUT2D eigenvalue weighted by Crippen LogP contribution is -2.45. The Morgan fingerprint density at radius 3 is 2.59 bits per heavy atom. The second-order valence-electron chi connectivity index (χ2n) is 5.96. The first kappa shape index (κ1) is 20.4. The van der Waals surface area contributed by atoms with E-state index in [0.717, 1.165) is 0 Å². The number of urea groups is 1. The number of nitrogens with one attached hydrogen (secondary N) is 1. The van der Waals surface area contributed by atoms with Crippen LogP contribution in [0.3, 0.4) is 0 Å². The van der Waals surface area contributed by atoms with Crippen molar-refractivity contribution in [2.75, 3.05) is 19.7 Å². The van der Waals surface area contributed by atoms with Crippen molar-refractivity contribution in [3.8, 4) is 0 Å². The standard InChI is InChI=1S/C19H26N4O4/c1-5-22(19(26)20-12-16(24)27-7-3)13(4)17-21-15-11-9-8-10-14(15)18(25)23(17)6-2/h8-11,13H,5-7,12H2,1-4H3,(H,20,26). The SMILES string of the molecule is CCOC(=O)CNC(=O)N(CC)C(C)c1nc2ccccc2c(=O)n1CC. The number of carbonyl (C=O) groups excluding carboxylic acids is 2. The lowest BCUT2D eigenvalue weighted by Gasteiger charge is -2.29. The van der Waals surface area contributed by atoms with Crippen molar-refractivity contribution in [2.45, 2.75) is 40.3 Å². The van der Waals surface area contributed by atoms with E-state index in [0.29, 0.717) is 29.8 Å². The van der Waals surface area contributed by atoms with E-state index in [1.165, 1.54) is 4.90 Å². The average Bonchev–Trinajstić information content (AvgIpc) is 2.67. The Morgan fingerprint density at radius 1 is 1.26 bits per heavy atom. The molecule has 1 atom stereocenters. The van der Waals surface area contributed by atoms with Gasteiger partial charge in [0.1, 0.15) is 12.4 Å². The summed E-state index contributed by atoms with van der Waals surface area (Å²) < 4.78 is 6.40. The molecule has 1 heterocycles. The predicted molar refractivity (Wildman–Crippen MR) is 103 cm³/mol. The van der Waals surface area contributed by atoms with Crippen molar-refractivity contribution < 1.29 is 14.3 Å². The van der Waals surface area contributed by atoms with Gasteiger partial charge in [0.25, 0.3) is 5.56 Å². The van der Waals surface area contributed by atoms with Crippen molar-refractivity contribution in [1.29, 1.82) is 0 Å². The molecule has 2 rings (SSSR count). The number of fused-ring (bicyclic) bond motifs is 1. The zero-order chi connectivity index (χ0) is 20.0. The molecule has 1 N–H and O–H groups in total. The van der Waals surface area contributed by atoms with Crippen molar-refractivity contribution in [1.82, 2.24) is 19.8 Å². The summed E-state index contributed by atoms with van der Waals surface area (Å²) in [4.78, 5) is 43.0. The summed E-state index contributed by atoms with van der Waals surface area (Å²) in [5.41, 5.74) is 0.463. The number of hydrogen-bond donors (Lipinski definition) is 1. The number of rotatable bonds is 7. The molecule has 0 saturated carbocycles. The highest BCUT2D eigenvalue weighted by atomic mass is 16.5. The van der Waals surface area contributed by atoms with E-state index in [2.05, 4.69) is 10.3 Å². The molecule has 0 fully saturated rings. The molecule has 1 unspecified atom stereocenters. The molecule has 0 aliphatic heterocycles. The number of nitrogens with zero attached hydrogens (tertiary/aromatic N) is 3. The van der Waals surface area contributed by atoms with Crippen molar-refractivity contribution in [3.63, 3.8) is 0 Å².